The van der Waals surface area contributed by atoms with Crippen LogP contribution in [-0.4, -0.2) is 20.7 Å². The van der Waals surface area contributed by atoms with Crippen molar-refractivity contribution in [3.8, 4) is 0 Å². The van der Waals surface area contributed by atoms with Crippen LogP contribution in [0.3, 0.4) is 0 Å². The molecule has 0 radical (unpaired) electrons. The van der Waals surface area contributed by atoms with Gasteiger partial charge in [0.15, 0.2) is 0 Å². The molecule has 2 aromatic carbocycles. The summed E-state index contributed by atoms with van der Waals surface area (Å²) < 4.78 is 41.3. The lowest BCUT2D eigenvalue weighted by Gasteiger charge is -2.30. The van der Waals surface area contributed by atoms with E-state index in [0.29, 0.717) is 22.5 Å². The van der Waals surface area contributed by atoms with Crippen molar-refractivity contribution in [3.05, 3.63) is 52.8 Å². The minimum atomic E-state index is -3.90. The first-order valence-corrected chi connectivity index (χ1v) is 9.41. The molecule has 0 saturated carbocycles. The summed E-state index contributed by atoms with van der Waals surface area (Å²) in [5.41, 5.74) is 0.607. The van der Waals surface area contributed by atoms with Crippen LogP contribution in [0.2, 0.25) is 0 Å². The number of halogens is 2. The highest BCUT2D eigenvalue weighted by atomic mass is 79.9. The second kappa shape index (κ2) is 5.62. The maximum absolute atomic E-state index is 14.0. The quantitative estimate of drug-likeness (QED) is 0.784. The van der Waals surface area contributed by atoms with Gasteiger partial charge in [0, 0.05) is 21.7 Å². The van der Waals surface area contributed by atoms with Crippen LogP contribution in [0.1, 0.15) is 0 Å². The van der Waals surface area contributed by atoms with Crippen LogP contribution >= 0.6 is 27.7 Å². The number of benzene rings is 2. The average molecular weight is 388 g/mol. The van der Waals surface area contributed by atoms with Gasteiger partial charge in [0.1, 0.15) is 10.7 Å². The number of sulfonamides is 1. The normalized spacial score (nSPS) is 14.9. The third-order valence-corrected chi connectivity index (χ3v) is 6.53. The molecule has 1 aliphatic rings. The van der Waals surface area contributed by atoms with Gasteiger partial charge >= 0.3 is 0 Å². The van der Waals surface area contributed by atoms with E-state index in [-0.39, 0.29) is 4.90 Å². The Kier molecular flexibility index (Phi) is 3.98. The maximum atomic E-state index is 14.0. The zero-order valence-corrected chi connectivity index (χ0v) is 14.0. The van der Waals surface area contributed by atoms with Gasteiger partial charge in [-0.3, -0.25) is 4.31 Å². The number of thioether (sulfide) groups is 1. The van der Waals surface area contributed by atoms with E-state index < -0.39 is 15.8 Å². The van der Waals surface area contributed by atoms with Crippen LogP contribution in [0, 0.1) is 5.82 Å². The summed E-state index contributed by atoms with van der Waals surface area (Å²) >= 11 is 4.74. The molecular formula is C14H11BrFNO2S2. The van der Waals surface area contributed by atoms with Gasteiger partial charge in [0.2, 0.25) is 0 Å². The van der Waals surface area contributed by atoms with E-state index in [1.807, 2.05) is 12.1 Å². The molecule has 0 aromatic heterocycles. The van der Waals surface area contributed by atoms with Crippen molar-refractivity contribution in [2.24, 2.45) is 0 Å². The summed E-state index contributed by atoms with van der Waals surface area (Å²) in [6.45, 7) is 0.333. The standard InChI is InChI=1S/C14H11BrFNO2S2/c15-10-5-6-14(11(16)9-10)21(18,19)17-7-8-20-13-4-2-1-3-12(13)17/h1-6,9H,7-8H2. The van der Waals surface area contributed by atoms with Crippen LogP contribution in [0.25, 0.3) is 0 Å². The Morgan fingerprint density at radius 3 is 2.71 bits per heavy atom. The van der Waals surface area contributed by atoms with Crippen molar-refractivity contribution in [2.45, 2.75) is 9.79 Å². The Morgan fingerprint density at radius 2 is 1.95 bits per heavy atom. The highest BCUT2D eigenvalue weighted by molar-refractivity contribution is 9.10. The zero-order valence-electron chi connectivity index (χ0n) is 10.8. The summed E-state index contributed by atoms with van der Waals surface area (Å²) in [5, 5.41) is 0. The van der Waals surface area contributed by atoms with Crippen LogP contribution in [-0.2, 0) is 10.0 Å². The number of hydrogen-bond donors (Lipinski definition) is 0. The minimum Gasteiger partial charge on any atom is -0.264 e. The van der Waals surface area contributed by atoms with E-state index in [9.17, 15) is 12.8 Å². The highest BCUT2D eigenvalue weighted by Crippen LogP contribution is 2.37. The molecule has 0 bridgehead atoms. The third kappa shape index (κ3) is 2.69. The van der Waals surface area contributed by atoms with Gasteiger partial charge in [-0.05, 0) is 30.3 Å². The molecule has 2 aromatic rings. The summed E-state index contributed by atoms with van der Waals surface area (Å²) in [6.07, 6.45) is 0. The molecule has 0 unspecified atom stereocenters. The molecule has 1 heterocycles. The van der Waals surface area contributed by atoms with E-state index in [1.165, 1.54) is 16.4 Å². The highest BCUT2D eigenvalue weighted by Gasteiger charge is 2.31. The first-order valence-electron chi connectivity index (χ1n) is 6.20. The molecule has 3 rings (SSSR count). The van der Waals surface area contributed by atoms with Crippen molar-refractivity contribution in [1.82, 2.24) is 0 Å². The fourth-order valence-corrected chi connectivity index (χ4v) is 5.23. The number of hydrogen-bond acceptors (Lipinski definition) is 3. The molecule has 0 N–H and O–H groups in total. The molecule has 0 amide bonds. The van der Waals surface area contributed by atoms with Crippen molar-refractivity contribution in [1.29, 1.82) is 0 Å². The van der Waals surface area contributed by atoms with Gasteiger partial charge in [-0.1, -0.05) is 28.1 Å². The molecule has 0 saturated heterocycles. The monoisotopic (exact) mass is 387 g/mol. The van der Waals surface area contributed by atoms with E-state index in [1.54, 1.807) is 23.9 Å². The Labute approximate surface area is 135 Å². The van der Waals surface area contributed by atoms with Crippen LogP contribution < -0.4 is 4.31 Å². The Hall–Kier alpha value is -1.05. The number of nitrogens with zero attached hydrogens (tertiary/aromatic N) is 1. The topological polar surface area (TPSA) is 37.4 Å². The minimum absolute atomic E-state index is 0.299. The summed E-state index contributed by atoms with van der Waals surface area (Å²) in [4.78, 5) is 0.595. The molecule has 0 aliphatic carbocycles. The van der Waals surface area contributed by atoms with Gasteiger partial charge in [-0.2, -0.15) is 0 Å². The molecule has 110 valence electrons. The predicted octanol–water partition coefficient (Wildman–Crippen LogP) is 3.89. The number of anilines is 1. The molecule has 0 spiro atoms. The lowest BCUT2D eigenvalue weighted by atomic mass is 10.3. The smallest absolute Gasteiger partial charge is 0.264 e. The molecule has 0 fully saturated rings. The first-order chi connectivity index (χ1) is 10.00. The van der Waals surface area contributed by atoms with Crippen molar-refractivity contribution in [2.75, 3.05) is 16.6 Å². The van der Waals surface area contributed by atoms with E-state index >= 15 is 0 Å². The first kappa shape index (κ1) is 14.9. The fraction of sp³-hybridized carbons (Fsp3) is 0.143. The lowest BCUT2D eigenvalue weighted by Crippen LogP contribution is -2.35. The maximum Gasteiger partial charge on any atom is 0.267 e. The Balaban J connectivity index is 2.12. The molecule has 21 heavy (non-hydrogen) atoms. The van der Waals surface area contributed by atoms with Crippen LogP contribution in [0.4, 0.5) is 10.1 Å². The van der Waals surface area contributed by atoms with Crippen molar-refractivity contribution < 1.29 is 12.8 Å². The molecule has 3 nitrogen and oxygen atoms in total. The molecule has 0 atom stereocenters. The average Bonchev–Trinajstić information content (AvgIpc) is 2.46. The lowest BCUT2D eigenvalue weighted by molar-refractivity contribution is 0.563. The van der Waals surface area contributed by atoms with Gasteiger partial charge in [-0.25, -0.2) is 12.8 Å². The van der Waals surface area contributed by atoms with E-state index in [0.717, 1.165) is 11.0 Å². The van der Waals surface area contributed by atoms with Gasteiger partial charge < -0.3 is 0 Å². The van der Waals surface area contributed by atoms with Gasteiger partial charge in [0.05, 0.1) is 5.69 Å². The van der Waals surface area contributed by atoms with Crippen LogP contribution in [0.15, 0.2) is 56.7 Å². The molecular weight excluding hydrogens is 377 g/mol. The fourth-order valence-electron chi connectivity index (χ4n) is 2.20. The van der Waals surface area contributed by atoms with Gasteiger partial charge in [-0.15, -0.1) is 11.8 Å². The zero-order chi connectivity index (χ0) is 15.0. The molecule has 7 heteroatoms. The number of para-hydroxylation sites is 1. The SMILES string of the molecule is O=S(=O)(c1ccc(Br)cc1F)N1CCSc2ccccc21. The predicted molar refractivity (Wildman–Crippen MR) is 85.8 cm³/mol. The Bertz CT molecular complexity index is 795. The summed E-state index contributed by atoms with van der Waals surface area (Å²) in [7, 11) is -3.90. The number of rotatable bonds is 2. The number of fused-ring (bicyclic) bond motifs is 1. The second-order valence-corrected chi connectivity index (χ2v) is 8.35. The van der Waals surface area contributed by atoms with E-state index in [4.69, 9.17) is 0 Å². The summed E-state index contributed by atoms with van der Waals surface area (Å²) in [6, 6.07) is 11.2. The Morgan fingerprint density at radius 1 is 1.19 bits per heavy atom. The van der Waals surface area contributed by atoms with Crippen molar-refractivity contribution in [3.63, 3.8) is 0 Å². The van der Waals surface area contributed by atoms with Crippen molar-refractivity contribution >= 4 is 43.4 Å². The van der Waals surface area contributed by atoms with E-state index in [2.05, 4.69) is 15.9 Å². The summed E-state index contributed by atoms with van der Waals surface area (Å²) in [5.74, 6) is -0.103. The largest absolute Gasteiger partial charge is 0.267 e. The molecule has 1 aliphatic heterocycles. The van der Waals surface area contributed by atoms with Gasteiger partial charge in [0.25, 0.3) is 10.0 Å². The second-order valence-electron chi connectivity index (χ2n) is 4.47. The van der Waals surface area contributed by atoms with Crippen LogP contribution in [0.5, 0.6) is 0 Å². The third-order valence-electron chi connectivity index (χ3n) is 3.15.